The van der Waals surface area contributed by atoms with Crippen molar-refractivity contribution in [3.8, 4) is 0 Å². The SMILES string of the molecule is CSc1sc(C)cc1Sc1cccc(C2=CCC=CC(C(=O)C(F)(F)F)=C2)c1. The van der Waals surface area contributed by atoms with Crippen molar-refractivity contribution in [2.45, 2.75) is 33.5 Å². The number of rotatable bonds is 5. The van der Waals surface area contributed by atoms with Crippen molar-refractivity contribution >= 4 is 46.2 Å². The summed E-state index contributed by atoms with van der Waals surface area (Å²) < 4.78 is 39.7. The number of benzene rings is 1. The van der Waals surface area contributed by atoms with Gasteiger partial charge in [0.2, 0.25) is 0 Å². The van der Waals surface area contributed by atoms with Crippen LogP contribution < -0.4 is 0 Å². The van der Waals surface area contributed by atoms with Crippen LogP contribution in [0.25, 0.3) is 5.57 Å². The van der Waals surface area contributed by atoms with Gasteiger partial charge in [-0.25, -0.2) is 0 Å². The minimum Gasteiger partial charge on any atom is -0.284 e. The first-order valence-electron chi connectivity index (χ1n) is 8.40. The Morgan fingerprint density at radius 1 is 1.21 bits per heavy atom. The van der Waals surface area contributed by atoms with Crippen LogP contribution in [0.5, 0.6) is 0 Å². The molecule has 0 atom stereocenters. The summed E-state index contributed by atoms with van der Waals surface area (Å²) in [4.78, 5) is 15.1. The molecule has 0 radical (unpaired) electrons. The Morgan fingerprint density at radius 2 is 2.00 bits per heavy atom. The number of ketones is 1. The number of allylic oxidation sites excluding steroid dienone is 6. The maximum absolute atomic E-state index is 12.8. The zero-order chi connectivity index (χ0) is 20.3. The van der Waals surface area contributed by atoms with Crippen molar-refractivity contribution in [1.29, 1.82) is 0 Å². The smallest absolute Gasteiger partial charge is 0.284 e. The fourth-order valence-electron chi connectivity index (χ4n) is 2.72. The molecular weight excluding hydrogens is 421 g/mol. The molecule has 28 heavy (non-hydrogen) atoms. The van der Waals surface area contributed by atoms with E-state index in [0.717, 1.165) is 10.5 Å². The van der Waals surface area contributed by atoms with E-state index in [0.29, 0.717) is 12.0 Å². The molecule has 1 nitrogen and oxygen atoms in total. The lowest BCUT2D eigenvalue weighted by Gasteiger charge is -2.09. The van der Waals surface area contributed by atoms with E-state index in [2.05, 4.69) is 13.0 Å². The zero-order valence-electron chi connectivity index (χ0n) is 15.2. The summed E-state index contributed by atoms with van der Waals surface area (Å²) in [6.07, 6.45) is 3.60. The van der Waals surface area contributed by atoms with Crippen molar-refractivity contribution in [2.75, 3.05) is 6.26 Å². The summed E-state index contributed by atoms with van der Waals surface area (Å²) in [6, 6.07) is 9.80. The number of Topliss-reactive ketones (excluding diaryl/α,β-unsaturated/α-hetero) is 1. The predicted octanol–water partition coefficient (Wildman–Crippen LogP) is 7.33. The Hall–Kier alpha value is -1.70. The van der Waals surface area contributed by atoms with Gasteiger partial charge in [0.1, 0.15) is 0 Å². The molecule has 0 bridgehead atoms. The number of halogens is 3. The molecule has 3 rings (SSSR count). The van der Waals surface area contributed by atoms with Gasteiger partial charge >= 0.3 is 6.18 Å². The number of hydrogen-bond acceptors (Lipinski definition) is 4. The lowest BCUT2D eigenvalue weighted by atomic mass is 10.0. The van der Waals surface area contributed by atoms with Gasteiger partial charge in [-0.1, -0.05) is 42.1 Å². The van der Waals surface area contributed by atoms with Gasteiger partial charge in [0.05, 0.1) is 4.21 Å². The molecule has 2 aromatic rings. The first-order valence-corrected chi connectivity index (χ1v) is 11.3. The van der Waals surface area contributed by atoms with Crippen LogP contribution in [0.2, 0.25) is 0 Å². The fraction of sp³-hybridized carbons (Fsp3) is 0.190. The van der Waals surface area contributed by atoms with E-state index in [1.165, 1.54) is 26.1 Å². The average molecular weight is 439 g/mol. The largest absolute Gasteiger partial charge is 0.454 e. The molecule has 0 spiro atoms. The maximum Gasteiger partial charge on any atom is 0.454 e. The Balaban J connectivity index is 1.90. The quantitative estimate of drug-likeness (QED) is 0.455. The number of hydrogen-bond donors (Lipinski definition) is 0. The van der Waals surface area contributed by atoms with Crippen molar-refractivity contribution < 1.29 is 18.0 Å². The predicted molar refractivity (Wildman–Crippen MR) is 112 cm³/mol. The van der Waals surface area contributed by atoms with E-state index in [4.69, 9.17) is 0 Å². The van der Waals surface area contributed by atoms with Crippen LogP contribution in [0.4, 0.5) is 13.2 Å². The Morgan fingerprint density at radius 3 is 2.71 bits per heavy atom. The van der Waals surface area contributed by atoms with E-state index in [1.807, 2.05) is 36.6 Å². The molecule has 1 heterocycles. The highest BCUT2D eigenvalue weighted by Gasteiger charge is 2.39. The van der Waals surface area contributed by atoms with Gasteiger partial charge in [-0.2, -0.15) is 13.2 Å². The van der Waals surface area contributed by atoms with Crippen LogP contribution in [-0.4, -0.2) is 18.2 Å². The van der Waals surface area contributed by atoms with Crippen molar-refractivity contribution in [1.82, 2.24) is 0 Å². The summed E-state index contributed by atoms with van der Waals surface area (Å²) in [6.45, 7) is 2.07. The zero-order valence-corrected chi connectivity index (χ0v) is 17.6. The molecule has 7 heteroatoms. The number of carbonyl (C=O) groups excluding carboxylic acids is 1. The standard InChI is InChI=1S/C21H17F3OS3/c1-13-10-18(20(26-2)27-13)28-17-9-5-8-15(12-17)14-6-3-4-7-16(11-14)19(25)21(22,23)24/h4-12H,3H2,1-2H3. The molecule has 0 saturated carbocycles. The molecule has 0 unspecified atom stereocenters. The van der Waals surface area contributed by atoms with Crippen molar-refractivity contribution in [3.05, 3.63) is 70.6 Å². The molecule has 1 aliphatic rings. The lowest BCUT2D eigenvalue weighted by molar-refractivity contribution is -0.166. The van der Waals surface area contributed by atoms with Gasteiger partial charge < -0.3 is 0 Å². The van der Waals surface area contributed by atoms with Crippen LogP contribution in [-0.2, 0) is 4.79 Å². The highest BCUT2D eigenvalue weighted by atomic mass is 32.2. The number of carbonyl (C=O) groups is 1. The van der Waals surface area contributed by atoms with E-state index >= 15 is 0 Å². The van der Waals surface area contributed by atoms with Gasteiger partial charge in [0.25, 0.3) is 5.78 Å². The minimum atomic E-state index is -4.88. The van der Waals surface area contributed by atoms with E-state index in [9.17, 15) is 18.0 Å². The summed E-state index contributed by atoms with van der Waals surface area (Å²) >= 11 is 5.08. The molecule has 1 aliphatic carbocycles. The first-order chi connectivity index (χ1) is 13.3. The van der Waals surface area contributed by atoms with Gasteiger partial charge in [0, 0.05) is 20.2 Å². The number of thiophene rings is 1. The average Bonchev–Trinajstić information content (AvgIpc) is 2.85. The Labute approximate surface area is 174 Å². The molecule has 146 valence electrons. The summed E-state index contributed by atoms with van der Waals surface area (Å²) in [7, 11) is 0. The number of thioether (sulfide) groups is 1. The molecule has 1 aromatic carbocycles. The third-order valence-corrected chi connectivity index (χ3v) is 7.45. The lowest BCUT2D eigenvalue weighted by Crippen LogP contribution is -2.23. The van der Waals surface area contributed by atoms with Crippen molar-refractivity contribution in [3.63, 3.8) is 0 Å². The highest BCUT2D eigenvalue weighted by molar-refractivity contribution is 8.03. The number of alkyl halides is 3. The highest BCUT2D eigenvalue weighted by Crippen LogP contribution is 2.41. The maximum atomic E-state index is 12.8. The monoisotopic (exact) mass is 438 g/mol. The topological polar surface area (TPSA) is 17.1 Å². The Bertz CT molecular complexity index is 981. The van der Waals surface area contributed by atoms with Gasteiger partial charge in [-0.05, 0) is 55.0 Å². The molecule has 0 aliphatic heterocycles. The minimum absolute atomic E-state index is 0.340. The fourth-order valence-corrected chi connectivity index (χ4v) is 5.94. The second-order valence-electron chi connectivity index (χ2n) is 6.07. The second-order valence-corrected chi connectivity index (χ2v) is 9.51. The van der Waals surface area contributed by atoms with E-state index in [1.54, 1.807) is 40.9 Å². The molecule has 0 fully saturated rings. The number of aryl methyl sites for hydroxylation is 1. The van der Waals surface area contributed by atoms with Crippen LogP contribution in [0.1, 0.15) is 16.9 Å². The van der Waals surface area contributed by atoms with Crippen LogP contribution in [0.3, 0.4) is 0 Å². The third-order valence-electron chi connectivity index (χ3n) is 3.97. The second kappa shape index (κ2) is 8.76. The molecule has 1 aromatic heterocycles. The first kappa shape index (κ1) is 21.0. The van der Waals surface area contributed by atoms with Gasteiger partial charge in [-0.15, -0.1) is 23.1 Å². The van der Waals surface area contributed by atoms with E-state index in [-0.39, 0.29) is 5.57 Å². The summed E-state index contributed by atoms with van der Waals surface area (Å²) in [5.41, 5.74) is 1.07. The molecule has 0 N–H and O–H groups in total. The summed E-state index contributed by atoms with van der Waals surface area (Å²) in [5, 5.41) is 0. The normalized spacial score (nSPS) is 14.5. The van der Waals surface area contributed by atoms with Gasteiger partial charge in [0.15, 0.2) is 0 Å². The summed E-state index contributed by atoms with van der Waals surface area (Å²) in [5.74, 6) is -1.82. The van der Waals surface area contributed by atoms with Crippen LogP contribution >= 0.6 is 34.9 Å². The third kappa shape index (κ3) is 5.01. The Kier molecular flexibility index (Phi) is 6.58. The van der Waals surface area contributed by atoms with E-state index < -0.39 is 12.0 Å². The van der Waals surface area contributed by atoms with Crippen LogP contribution in [0, 0.1) is 6.92 Å². The molecule has 0 saturated heterocycles. The molecular formula is C21H17F3OS3. The van der Waals surface area contributed by atoms with Gasteiger partial charge in [-0.3, -0.25) is 4.79 Å². The van der Waals surface area contributed by atoms with Crippen LogP contribution in [0.15, 0.2) is 74.2 Å². The van der Waals surface area contributed by atoms with Crippen molar-refractivity contribution in [2.24, 2.45) is 0 Å². The molecule has 0 amide bonds.